The highest BCUT2D eigenvalue weighted by Crippen LogP contribution is 2.19. The first-order valence-electron chi connectivity index (χ1n) is 5.19. The Hall–Kier alpha value is -2.89. The van der Waals surface area contributed by atoms with Gasteiger partial charge in [0.05, 0.1) is 0 Å². The number of hydrogen-bond acceptors (Lipinski definition) is 5. The summed E-state index contributed by atoms with van der Waals surface area (Å²) in [6.07, 6.45) is 0. The molecule has 0 aliphatic rings. The monoisotopic (exact) mass is 263 g/mol. The van der Waals surface area contributed by atoms with Gasteiger partial charge in [0.1, 0.15) is 23.0 Å². The molecular weight excluding hydrogens is 250 g/mol. The number of amides is 1. The summed E-state index contributed by atoms with van der Waals surface area (Å²) in [4.78, 5) is 10.5. The first-order valence-corrected chi connectivity index (χ1v) is 5.19. The normalized spacial score (nSPS) is 9.26. The van der Waals surface area contributed by atoms with E-state index in [2.05, 4.69) is 0 Å². The lowest BCUT2D eigenvalue weighted by molar-refractivity contribution is 0.0999. The minimum Gasteiger partial charge on any atom is -0.508 e. The van der Waals surface area contributed by atoms with Crippen LogP contribution in [0.3, 0.4) is 0 Å². The van der Waals surface area contributed by atoms with Crippen molar-refractivity contribution in [3.05, 3.63) is 48.0 Å². The van der Waals surface area contributed by atoms with Gasteiger partial charge in [-0.15, -0.1) is 0 Å². The van der Waals surface area contributed by atoms with Crippen LogP contribution in [-0.2, 0) is 0 Å². The number of phenolic OH excluding ortho intramolecular Hbond substituents is 4. The van der Waals surface area contributed by atoms with Gasteiger partial charge < -0.3 is 26.2 Å². The largest absolute Gasteiger partial charge is 0.508 e. The van der Waals surface area contributed by atoms with E-state index < -0.39 is 5.91 Å². The van der Waals surface area contributed by atoms with Gasteiger partial charge in [-0.2, -0.15) is 0 Å². The van der Waals surface area contributed by atoms with E-state index in [1.807, 2.05) is 0 Å². The molecule has 0 atom stereocenters. The van der Waals surface area contributed by atoms with Crippen LogP contribution < -0.4 is 5.73 Å². The average Bonchev–Trinajstić information content (AvgIpc) is 2.28. The van der Waals surface area contributed by atoms with Gasteiger partial charge in [-0.05, 0) is 24.3 Å². The maximum absolute atomic E-state index is 10.5. The maximum atomic E-state index is 10.5. The zero-order valence-electron chi connectivity index (χ0n) is 9.82. The van der Waals surface area contributed by atoms with Gasteiger partial charge in [0, 0.05) is 17.7 Å². The molecule has 0 unspecified atom stereocenters. The fraction of sp³-hybridized carbons (Fsp3) is 0. The second kappa shape index (κ2) is 6.15. The lowest BCUT2D eigenvalue weighted by atomic mass is 10.2. The highest BCUT2D eigenvalue weighted by Gasteiger charge is 2.02. The molecule has 2 aromatic carbocycles. The van der Waals surface area contributed by atoms with Crippen molar-refractivity contribution in [3.63, 3.8) is 0 Å². The van der Waals surface area contributed by atoms with Gasteiger partial charge in [-0.3, -0.25) is 4.79 Å². The quantitative estimate of drug-likeness (QED) is 0.530. The summed E-state index contributed by atoms with van der Waals surface area (Å²) >= 11 is 0. The second-order valence-corrected chi connectivity index (χ2v) is 3.62. The van der Waals surface area contributed by atoms with Gasteiger partial charge in [0.15, 0.2) is 0 Å². The maximum Gasteiger partial charge on any atom is 0.248 e. The molecule has 0 aromatic heterocycles. The number of benzene rings is 2. The molecule has 0 aliphatic carbocycles. The van der Waals surface area contributed by atoms with Crippen LogP contribution in [0.1, 0.15) is 10.4 Å². The topological polar surface area (TPSA) is 124 Å². The molecule has 0 saturated carbocycles. The molecule has 2 rings (SSSR count). The van der Waals surface area contributed by atoms with Crippen LogP contribution in [0, 0.1) is 0 Å². The molecule has 2 aromatic rings. The Kier molecular flexibility index (Phi) is 4.59. The molecule has 0 heterocycles. The molecule has 100 valence electrons. The van der Waals surface area contributed by atoms with E-state index in [9.17, 15) is 4.79 Å². The van der Waals surface area contributed by atoms with E-state index in [4.69, 9.17) is 26.2 Å². The van der Waals surface area contributed by atoms with Crippen LogP contribution in [0.5, 0.6) is 23.0 Å². The molecular formula is C13H13NO5. The van der Waals surface area contributed by atoms with Crippen molar-refractivity contribution in [2.24, 2.45) is 5.73 Å². The van der Waals surface area contributed by atoms with E-state index in [0.29, 0.717) is 0 Å². The zero-order chi connectivity index (χ0) is 14.4. The molecule has 19 heavy (non-hydrogen) atoms. The molecule has 0 bridgehead atoms. The third-order valence-corrected chi connectivity index (χ3v) is 2.02. The summed E-state index contributed by atoms with van der Waals surface area (Å²) < 4.78 is 0. The lowest BCUT2D eigenvalue weighted by Gasteiger charge is -1.97. The molecule has 0 radical (unpaired) electrons. The van der Waals surface area contributed by atoms with E-state index in [1.54, 1.807) is 6.07 Å². The van der Waals surface area contributed by atoms with E-state index in [0.717, 1.165) is 6.07 Å². The Labute approximate surface area is 109 Å². The molecule has 0 fully saturated rings. The van der Waals surface area contributed by atoms with E-state index in [1.165, 1.54) is 30.3 Å². The number of primary amides is 1. The SMILES string of the molecule is NC(=O)c1cc(O)cc(O)c1.Oc1cccc(O)c1. The van der Waals surface area contributed by atoms with Crippen molar-refractivity contribution in [3.8, 4) is 23.0 Å². The Morgan fingerprint density at radius 2 is 1.21 bits per heavy atom. The smallest absolute Gasteiger partial charge is 0.248 e. The number of carbonyl (C=O) groups excluding carboxylic acids is 1. The summed E-state index contributed by atoms with van der Waals surface area (Å²) in [5.41, 5.74) is 4.98. The van der Waals surface area contributed by atoms with Crippen LogP contribution in [0.25, 0.3) is 0 Å². The Morgan fingerprint density at radius 3 is 1.53 bits per heavy atom. The molecule has 0 aliphatic heterocycles. The highest BCUT2D eigenvalue weighted by molar-refractivity contribution is 5.93. The van der Waals surface area contributed by atoms with Crippen molar-refractivity contribution in [2.45, 2.75) is 0 Å². The number of rotatable bonds is 1. The average molecular weight is 263 g/mol. The van der Waals surface area contributed by atoms with Gasteiger partial charge >= 0.3 is 0 Å². The van der Waals surface area contributed by atoms with Crippen molar-refractivity contribution in [1.82, 2.24) is 0 Å². The van der Waals surface area contributed by atoms with E-state index >= 15 is 0 Å². The van der Waals surface area contributed by atoms with Crippen LogP contribution in [0.15, 0.2) is 42.5 Å². The standard InChI is InChI=1S/C7H7NO3.C6H6O2/c8-7(11)4-1-5(9)3-6(10)2-4;7-5-2-1-3-6(8)4-5/h1-3,9-10H,(H2,8,11);1-4,7-8H. The third-order valence-electron chi connectivity index (χ3n) is 2.02. The Bertz CT molecular complexity index is 545. The van der Waals surface area contributed by atoms with Crippen molar-refractivity contribution in [1.29, 1.82) is 0 Å². The van der Waals surface area contributed by atoms with Crippen molar-refractivity contribution >= 4 is 5.91 Å². The molecule has 6 heteroatoms. The molecule has 1 amide bonds. The third kappa shape index (κ3) is 4.86. The predicted molar refractivity (Wildman–Crippen MR) is 68.1 cm³/mol. The summed E-state index contributed by atoms with van der Waals surface area (Å²) in [6.45, 7) is 0. The summed E-state index contributed by atoms with van der Waals surface area (Å²) in [5, 5.41) is 35.1. The number of aromatic hydroxyl groups is 4. The van der Waals surface area contributed by atoms with Gasteiger partial charge in [-0.25, -0.2) is 0 Å². The summed E-state index contributed by atoms with van der Waals surface area (Å²) in [7, 11) is 0. The van der Waals surface area contributed by atoms with Gasteiger partial charge in [0.2, 0.25) is 5.91 Å². The minimum absolute atomic E-state index is 0.0856. The Morgan fingerprint density at radius 1 is 0.789 bits per heavy atom. The van der Waals surface area contributed by atoms with Crippen molar-refractivity contribution < 1.29 is 25.2 Å². The molecule has 6 nitrogen and oxygen atoms in total. The summed E-state index contributed by atoms with van der Waals surface area (Å²) in [6, 6.07) is 9.33. The lowest BCUT2D eigenvalue weighted by Crippen LogP contribution is -2.10. The van der Waals surface area contributed by atoms with Gasteiger partial charge in [-0.1, -0.05) is 6.07 Å². The van der Waals surface area contributed by atoms with E-state index in [-0.39, 0.29) is 28.6 Å². The zero-order valence-corrected chi connectivity index (χ0v) is 9.82. The summed E-state index contributed by atoms with van der Waals surface area (Å²) in [5.74, 6) is -0.871. The predicted octanol–water partition coefficient (Wildman–Crippen LogP) is 1.29. The van der Waals surface area contributed by atoms with Crippen LogP contribution in [-0.4, -0.2) is 26.3 Å². The van der Waals surface area contributed by atoms with Crippen LogP contribution in [0.2, 0.25) is 0 Å². The molecule has 0 spiro atoms. The molecule has 6 N–H and O–H groups in total. The first-order chi connectivity index (χ1) is 8.88. The number of carbonyl (C=O) groups is 1. The first kappa shape index (κ1) is 14.2. The minimum atomic E-state index is -0.684. The second-order valence-electron chi connectivity index (χ2n) is 3.62. The number of hydrogen-bond donors (Lipinski definition) is 5. The Balaban J connectivity index is 0.000000200. The number of phenols is 4. The van der Waals surface area contributed by atoms with Gasteiger partial charge in [0.25, 0.3) is 0 Å². The fourth-order valence-electron chi connectivity index (χ4n) is 1.23. The fourth-order valence-corrected chi connectivity index (χ4v) is 1.23. The van der Waals surface area contributed by atoms with Crippen molar-refractivity contribution in [2.75, 3.05) is 0 Å². The van der Waals surface area contributed by atoms with Crippen LogP contribution in [0.4, 0.5) is 0 Å². The number of nitrogens with two attached hydrogens (primary N) is 1. The molecule has 0 saturated heterocycles. The van der Waals surface area contributed by atoms with Crippen LogP contribution >= 0.6 is 0 Å². The highest BCUT2D eigenvalue weighted by atomic mass is 16.3.